The van der Waals surface area contributed by atoms with Crippen LogP contribution < -0.4 is 5.73 Å². The third-order valence-corrected chi connectivity index (χ3v) is 5.87. The fourth-order valence-electron chi connectivity index (χ4n) is 4.39. The molecule has 1 aliphatic carbocycles. The van der Waals surface area contributed by atoms with Crippen LogP contribution in [-0.2, 0) is 4.74 Å². The number of ether oxygens (including phenoxy) is 1. The normalized spacial score (nSPS) is 37.2. The molecule has 1 spiro atoms. The molecule has 3 heteroatoms. The molecule has 0 aromatic carbocycles. The van der Waals surface area contributed by atoms with Gasteiger partial charge in [0.1, 0.15) is 0 Å². The zero-order chi connectivity index (χ0) is 12.5. The van der Waals surface area contributed by atoms with Crippen molar-refractivity contribution in [2.24, 2.45) is 11.1 Å². The van der Waals surface area contributed by atoms with Crippen LogP contribution in [0.25, 0.3) is 0 Å². The van der Waals surface area contributed by atoms with Crippen molar-refractivity contribution in [1.82, 2.24) is 4.90 Å². The average Bonchev–Trinajstić information content (AvgIpc) is 2.90. The summed E-state index contributed by atoms with van der Waals surface area (Å²) in [6.45, 7) is 5.02. The van der Waals surface area contributed by atoms with Crippen LogP contribution in [0.4, 0.5) is 0 Å². The van der Waals surface area contributed by atoms with E-state index in [-0.39, 0.29) is 5.54 Å². The summed E-state index contributed by atoms with van der Waals surface area (Å²) in [5.41, 5.74) is 6.92. The first kappa shape index (κ1) is 12.9. The van der Waals surface area contributed by atoms with Gasteiger partial charge < -0.3 is 10.5 Å². The predicted molar refractivity (Wildman–Crippen MR) is 73.5 cm³/mol. The summed E-state index contributed by atoms with van der Waals surface area (Å²) in [7, 11) is 0. The number of nitrogens with two attached hydrogens (primary N) is 1. The predicted octanol–water partition coefficient (Wildman–Crippen LogP) is 2.15. The summed E-state index contributed by atoms with van der Waals surface area (Å²) in [6.07, 6.45) is 11.3. The van der Waals surface area contributed by atoms with E-state index in [9.17, 15) is 0 Å². The average molecular weight is 252 g/mol. The molecule has 1 saturated carbocycles. The van der Waals surface area contributed by atoms with Gasteiger partial charge in [0.2, 0.25) is 0 Å². The Kier molecular flexibility index (Phi) is 3.65. The maximum atomic E-state index is 6.05. The Labute approximate surface area is 111 Å². The third kappa shape index (κ3) is 2.21. The molecule has 2 aliphatic heterocycles. The number of hydrogen-bond donors (Lipinski definition) is 1. The van der Waals surface area contributed by atoms with E-state index in [2.05, 4.69) is 4.90 Å². The Morgan fingerprint density at radius 3 is 2.22 bits per heavy atom. The van der Waals surface area contributed by atoms with Crippen LogP contribution in [0.5, 0.6) is 0 Å². The van der Waals surface area contributed by atoms with Gasteiger partial charge in [0.25, 0.3) is 0 Å². The molecular formula is C15H28N2O. The molecule has 3 nitrogen and oxygen atoms in total. The number of piperidine rings is 1. The Morgan fingerprint density at radius 1 is 0.944 bits per heavy atom. The minimum atomic E-state index is 0.177. The van der Waals surface area contributed by atoms with E-state index in [0.717, 1.165) is 26.2 Å². The van der Waals surface area contributed by atoms with Crippen molar-refractivity contribution in [3.05, 3.63) is 0 Å². The Hall–Kier alpha value is -0.120. The smallest absolute Gasteiger partial charge is 0.0663 e. The van der Waals surface area contributed by atoms with Gasteiger partial charge in [-0.25, -0.2) is 0 Å². The maximum absolute atomic E-state index is 6.05. The van der Waals surface area contributed by atoms with Crippen molar-refractivity contribution in [3.63, 3.8) is 0 Å². The lowest BCUT2D eigenvalue weighted by atomic mass is 9.67. The molecule has 2 heterocycles. The molecule has 0 aromatic rings. The van der Waals surface area contributed by atoms with E-state index in [1.165, 1.54) is 58.0 Å². The lowest BCUT2D eigenvalue weighted by molar-refractivity contribution is -0.000882. The number of likely N-dealkylation sites (tertiary alicyclic amines) is 1. The highest BCUT2D eigenvalue weighted by Crippen LogP contribution is 2.46. The van der Waals surface area contributed by atoms with Gasteiger partial charge in [0.05, 0.1) is 12.1 Å². The zero-order valence-electron chi connectivity index (χ0n) is 11.6. The summed E-state index contributed by atoms with van der Waals surface area (Å²) >= 11 is 0. The Morgan fingerprint density at radius 2 is 1.67 bits per heavy atom. The Balaban J connectivity index is 1.62. The molecule has 0 bridgehead atoms. The highest BCUT2D eigenvalue weighted by atomic mass is 16.5. The van der Waals surface area contributed by atoms with E-state index in [1.54, 1.807) is 0 Å². The monoisotopic (exact) mass is 252 g/mol. The van der Waals surface area contributed by atoms with Crippen LogP contribution in [0.1, 0.15) is 51.4 Å². The molecule has 1 unspecified atom stereocenters. The molecule has 2 N–H and O–H groups in total. The first-order chi connectivity index (χ1) is 8.79. The van der Waals surface area contributed by atoms with Gasteiger partial charge in [0, 0.05) is 13.2 Å². The van der Waals surface area contributed by atoms with Crippen LogP contribution in [0.2, 0.25) is 0 Å². The second-order valence-corrected chi connectivity index (χ2v) is 6.78. The molecule has 0 radical (unpaired) electrons. The molecular weight excluding hydrogens is 224 g/mol. The largest absolute Gasteiger partial charge is 0.379 e. The van der Waals surface area contributed by atoms with Gasteiger partial charge in [-0.1, -0.05) is 19.3 Å². The first-order valence-electron chi connectivity index (χ1n) is 7.82. The molecule has 0 aromatic heterocycles. The summed E-state index contributed by atoms with van der Waals surface area (Å²) in [4.78, 5) is 2.65. The second-order valence-electron chi connectivity index (χ2n) is 6.78. The molecule has 3 rings (SSSR count). The van der Waals surface area contributed by atoms with Gasteiger partial charge in [0.15, 0.2) is 0 Å². The summed E-state index contributed by atoms with van der Waals surface area (Å²) in [6, 6.07) is 0. The Bertz CT molecular complexity index is 270. The molecule has 2 saturated heterocycles. The van der Waals surface area contributed by atoms with Crippen molar-refractivity contribution in [2.75, 3.05) is 32.8 Å². The van der Waals surface area contributed by atoms with Crippen LogP contribution in [0.3, 0.4) is 0 Å². The number of rotatable bonds is 2. The van der Waals surface area contributed by atoms with Gasteiger partial charge in [-0.15, -0.1) is 0 Å². The van der Waals surface area contributed by atoms with E-state index >= 15 is 0 Å². The number of hydrogen-bond acceptors (Lipinski definition) is 3. The second kappa shape index (κ2) is 5.10. The van der Waals surface area contributed by atoms with Crippen molar-refractivity contribution in [3.8, 4) is 0 Å². The minimum absolute atomic E-state index is 0.177. The lowest BCUT2D eigenvalue weighted by Crippen LogP contribution is -2.58. The quantitative estimate of drug-likeness (QED) is 0.818. The van der Waals surface area contributed by atoms with E-state index in [4.69, 9.17) is 10.5 Å². The fourth-order valence-corrected chi connectivity index (χ4v) is 4.39. The van der Waals surface area contributed by atoms with Gasteiger partial charge in [-0.05, 0) is 50.6 Å². The summed E-state index contributed by atoms with van der Waals surface area (Å²) in [5, 5.41) is 0. The van der Waals surface area contributed by atoms with Gasteiger partial charge in [-0.3, -0.25) is 4.90 Å². The van der Waals surface area contributed by atoms with E-state index in [0.29, 0.717) is 5.41 Å². The van der Waals surface area contributed by atoms with Gasteiger partial charge in [-0.2, -0.15) is 0 Å². The molecule has 0 amide bonds. The first-order valence-corrected chi connectivity index (χ1v) is 7.82. The van der Waals surface area contributed by atoms with Crippen LogP contribution in [-0.4, -0.2) is 43.3 Å². The molecule has 3 aliphatic rings. The molecule has 104 valence electrons. The zero-order valence-corrected chi connectivity index (χ0v) is 11.6. The van der Waals surface area contributed by atoms with Crippen molar-refractivity contribution < 1.29 is 4.74 Å². The maximum Gasteiger partial charge on any atom is 0.0663 e. The molecule has 1 atom stereocenters. The van der Waals surface area contributed by atoms with Crippen LogP contribution >= 0.6 is 0 Å². The standard InChI is InChI=1S/C15H28N2O/c16-12-15(8-11-18-13-15)17-9-6-14(7-10-17)4-2-1-3-5-14/h1-13,16H2. The molecule has 3 fully saturated rings. The SMILES string of the molecule is NCC1(N2CCC3(CCCCC3)CC2)CCOC1. The summed E-state index contributed by atoms with van der Waals surface area (Å²) < 4.78 is 5.62. The molecule has 18 heavy (non-hydrogen) atoms. The van der Waals surface area contributed by atoms with E-state index in [1.807, 2.05) is 0 Å². The fraction of sp³-hybridized carbons (Fsp3) is 1.00. The van der Waals surface area contributed by atoms with Gasteiger partial charge >= 0.3 is 0 Å². The summed E-state index contributed by atoms with van der Waals surface area (Å²) in [5.74, 6) is 0. The topological polar surface area (TPSA) is 38.5 Å². The lowest BCUT2D eigenvalue weighted by Gasteiger charge is -2.49. The van der Waals surface area contributed by atoms with Crippen LogP contribution in [0, 0.1) is 5.41 Å². The van der Waals surface area contributed by atoms with E-state index < -0.39 is 0 Å². The highest BCUT2D eigenvalue weighted by Gasteiger charge is 2.44. The van der Waals surface area contributed by atoms with Crippen LogP contribution in [0.15, 0.2) is 0 Å². The number of nitrogens with zero attached hydrogens (tertiary/aromatic N) is 1. The van der Waals surface area contributed by atoms with Crippen molar-refractivity contribution in [1.29, 1.82) is 0 Å². The van der Waals surface area contributed by atoms with Crippen molar-refractivity contribution in [2.45, 2.75) is 56.9 Å². The third-order valence-electron chi connectivity index (χ3n) is 5.87. The van der Waals surface area contributed by atoms with Crippen molar-refractivity contribution >= 4 is 0 Å². The highest BCUT2D eigenvalue weighted by molar-refractivity contribution is 4.99. The minimum Gasteiger partial charge on any atom is -0.379 e.